The summed E-state index contributed by atoms with van der Waals surface area (Å²) in [6, 6.07) is 11.7. The van der Waals surface area contributed by atoms with E-state index in [9.17, 15) is 14.3 Å². The first kappa shape index (κ1) is 28.1. The molecule has 2 aliphatic rings. The summed E-state index contributed by atoms with van der Waals surface area (Å²) in [6.45, 7) is 4.19. The first-order chi connectivity index (χ1) is 18.4. The molecule has 2 heterocycles. The SMILES string of the molecule is COc1ccc(CN2CCOC[C@](O)(COc3cccc(F)c3)C2)cc1OCCCN1CCCCCC1=O. The maximum Gasteiger partial charge on any atom is 0.222 e. The zero-order valence-electron chi connectivity index (χ0n) is 22.2. The molecule has 2 aromatic carbocycles. The molecule has 0 bridgehead atoms. The quantitative estimate of drug-likeness (QED) is 0.444. The number of likely N-dealkylation sites (tertiary alicyclic amines) is 1. The van der Waals surface area contributed by atoms with Crippen molar-refractivity contribution in [1.29, 1.82) is 0 Å². The molecule has 0 radical (unpaired) electrons. The van der Waals surface area contributed by atoms with Crippen LogP contribution in [0.15, 0.2) is 42.5 Å². The topological polar surface area (TPSA) is 80.7 Å². The average molecular weight is 531 g/mol. The Labute approximate surface area is 224 Å². The molecule has 38 heavy (non-hydrogen) atoms. The van der Waals surface area contributed by atoms with Crippen molar-refractivity contribution in [3.63, 3.8) is 0 Å². The number of aliphatic hydroxyl groups is 1. The van der Waals surface area contributed by atoms with Crippen LogP contribution in [0, 0.1) is 5.82 Å². The fraction of sp³-hybridized carbons (Fsp3) is 0.552. The number of ether oxygens (including phenoxy) is 4. The molecule has 1 atom stereocenters. The molecular formula is C29H39FN2O6. The van der Waals surface area contributed by atoms with Gasteiger partial charge in [-0.05, 0) is 49.1 Å². The number of halogens is 1. The lowest BCUT2D eigenvalue weighted by Crippen LogP contribution is -2.48. The van der Waals surface area contributed by atoms with E-state index in [0.717, 1.165) is 37.8 Å². The smallest absolute Gasteiger partial charge is 0.222 e. The standard InChI is InChI=1S/C29H39FN2O6/c1-35-26-11-10-23(17-27(26)37-15-6-13-32-12-4-2-3-9-28(32)33)19-31-14-16-36-21-29(34,20-31)22-38-25-8-5-7-24(30)18-25/h5,7-8,10-11,17-18,34H,2-4,6,9,12-16,19-22H2,1H3/t29-/m0/s1. The minimum Gasteiger partial charge on any atom is -0.493 e. The van der Waals surface area contributed by atoms with Crippen LogP contribution in [0.4, 0.5) is 4.39 Å². The molecule has 0 aromatic heterocycles. The zero-order chi connectivity index (χ0) is 26.8. The number of β-amino-alcohol motifs (C(OH)–C–C–N with tert-alkyl or cyclic N) is 1. The molecule has 1 N–H and O–H groups in total. The van der Waals surface area contributed by atoms with E-state index in [4.69, 9.17) is 18.9 Å². The molecule has 9 heteroatoms. The van der Waals surface area contributed by atoms with Crippen molar-refractivity contribution >= 4 is 5.91 Å². The van der Waals surface area contributed by atoms with Gasteiger partial charge in [0.05, 0.1) is 26.9 Å². The number of carbonyl (C=O) groups is 1. The lowest BCUT2D eigenvalue weighted by atomic mass is 10.1. The highest BCUT2D eigenvalue weighted by Gasteiger charge is 2.33. The van der Waals surface area contributed by atoms with E-state index in [-0.39, 0.29) is 24.9 Å². The van der Waals surface area contributed by atoms with Crippen molar-refractivity contribution in [3.8, 4) is 17.2 Å². The molecule has 208 valence electrons. The lowest BCUT2D eigenvalue weighted by Gasteiger charge is -2.30. The number of hydrogen-bond acceptors (Lipinski definition) is 7. The van der Waals surface area contributed by atoms with Gasteiger partial charge in [-0.25, -0.2) is 4.39 Å². The third kappa shape index (κ3) is 8.31. The summed E-state index contributed by atoms with van der Waals surface area (Å²) in [6.07, 6.45) is 4.56. The molecule has 2 aliphatic heterocycles. The highest BCUT2D eigenvalue weighted by Crippen LogP contribution is 2.29. The van der Waals surface area contributed by atoms with Crippen LogP contribution in [-0.4, -0.2) is 86.1 Å². The Hall–Kier alpha value is -2.88. The van der Waals surface area contributed by atoms with E-state index in [1.54, 1.807) is 19.2 Å². The van der Waals surface area contributed by atoms with Crippen molar-refractivity contribution < 1.29 is 33.2 Å². The number of benzene rings is 2. The van der Waals surface area contributed by atoms with Crippen LogP contribution < -0.4 is 14.2 Å². The number of methoxy groups -OCH3 is 1. The molecule has 0 aliphatic carbocycles. The fourth-order valence-electron chi connectivity index (χ4n) is 4.90. The van der Waals surface area contributed by atoms with Gasteiger partial charge in [-0.15, -0.1) is 0 Å². The van der Waals surface area contributed by atoms with Gasteiger partial charge in [-0.3, -0.25) is 9.69 Å². The molecule has 8 nitrogen and oxygen atoms in total. The summed E-state index contributed by atoms with van der Waals surface area (Å²) in [4.78, 5) is 16.3. The van der Waals surface area contributed by atoms with Crippen molar-refractivity contribution in [3.05, 3.63) is 53.8 Å². The second-order valence-electron chi connectivity index (χ2n) is 10.1. The summed E-state index contributed by atoms with van der Waals surface area (Å²) in [5.74, 6) is 1.53. The van der Waals surface area contributed by atoms with E-state index in [2.05, 4.69) is 4.90 Å². The van der Waals surface area contributed by atoms with Gasteiger partial charge in [0.25, 0.3) is 0 Å². The largest absolute Gasteiger partial charge is 0.493 e. The number of amides is 1. The highest BCUT2D eigenvalue weighted by molar-refractivity contribution is 5.76. The summed E-state index contributed by atoms with van der Waals surface area (Å²) >= 11 is 0. The zero-order valence-corrected chi connectivity index (χ0v) is 22.2. The summed E-state index contributed by atoms with van der Waals surface area (Å²) in [5, 5.41) is 11.2. The van der Waals surface area contributed by atoms with E-state index in [1.807, 2.05) is 23.1 Å². The maximum atomic E-state index is 13.5. The Bertz CT molecular complexity index is 1050. The number of rotatable bonds is 11. The number of hydrogen-bond donors (Lipinski definition) is 1. The Kier molecular flexibility index (Phi) is 10.2. The average Bonchev–Trinajstić information content (AvgIpc) is 3.23. The Morgan fingerprint density at radius 3 is 2.82 bits per heavy atom. The van der Waals surface area contributed by atoms with E-state index in [1.165, 1.54) is 12.1 Å². The molecule has 1 amide bonds. The normalized spacial score (nSPS) is 21.0. The van der Waals surface area contributed by atoms with Gasteiger partial charge in [-0.1, -0.05) is 18.6 Å². The van der Waals surface area contributed by atoms with Crippen LogP contribution in [0.3, 0.4) is 0 Å². The van der Waals surface area contributed by atoms with Gasteiger partial charge >= 0.3 is 0 Å². The van der Waals surface area contributed by atoms with Crippen LogP contribution in [0.5, 0.6) is 17.2 Å². The monoisotopic (exact) mass is 530 g/mol. The minimum absolute atomic E-state index is 0.0105. The van der Waals surface area contributed by atoms with Gasteiger partial charge in [0.2, 0.25) is 5.91 Å². The summed E-state index contributed by atoms with van der Waals surface area (Å²) in [7, 11) is 1.61. The van der Waals surface area contributed by atoms with Gasteiger partial charge in [0, 0.05) is 45.2 Å². The Morgan fingerprint density at radius 1 is 1.08 bits per heavy atom. The molecule has 4 rings (SSSR count). The first-order valence-electron chi connectivity index (χ1n) is 13.4. The van der Waals surface area contributed by atoms with Crippen LogP contribution in [-0.2, 0) is 16.1 Å². The second kappa shape index (κ2) is 13.8. The van der Waals surface area contributed by atoms with Crippen LogP contribution in [0.2, 0.25) is 0 Å². The van der Waals surface area contributed by atoms with E-state index < -0.39 is 5.60 Å². The van der Waals surface area contributed by atoms with Gasteiger partial charge < -0.3 is 29.0 Å². The molecule has 0 unspecified atom stereocenters. The fourth-order valence-corrected chi connectivity index (χ4v) is 4.90. The summed E-state index contributed by atoms with van der Waals surface area (Å²) in [5.41, 5.74) is -0.224. The molecular weight excluding hydrogens is 491 g/mol. The lowest BCUT2D eigenvalue weighted by molar-refractivity contribution is -0.130. The van der Waals surface area contributed by atoms with Crippen LogP contribution in [0.25, 0.3) is 0 Å². The molecule has 2 fully saturated rings. The van der Waals surface area contributed by atoms with Crippen molar-refractivity contribution in [2.24, 2.45) is 0 Å². The molecule has 0 spiro atoms. The van der Waals surface area contributed by atoms with Gasteiger partial charge in [0.15, 0.2) is 11.5 Å². The third-order valence-corrected chi connectivity index (χ3v) is 6.88. The molecule has 2 saturated heterocycles. The Balaban J connectivity index is 1.32. The van der Waals surface area contributed by atoms with Gasteiger partial charge in [-0.2, -0.15) is 0 Å². The number of nitrogens with zero attached hydrogens (tertiary/aromatic N) is 2. The van der Waals surface area contributed by atoms with E-state index in [0.29, 0.717) is 63.1 Å². The van der Waals surface area contributed by atoms with Crippen LogP contribution in [0.1, 0.15) is 37.7 Å². The Morgan fingerprint density at radius 2 is 1.97 bits per heavy atom. The van der Waals surface area contributed by atoms with E-state index >= 15 is 0 Å². The van der Waals surface area contributed by atoms with Crippen molar-refractivity contribution in [2.75, 3.05) is 59.7 Å². The highest BCUT2D eigenvalue weighted by atomic mass is 19.1. The predicted octanol–water partition coefficient (Wildman–Crippen LogP) is 3.65. The van der Waals surface area contributed by atoms with Crippen molar-refractivity contribution in [1.82, 2.24) is 9.80 Å². The van der Waals surface area contributed by atoms with Crippen molar-refractivity contribution in [2.45, 2.75) is 44.2 Å². The molecule has 0 saturated carbocycles. The summed E-state index contributed by atoms with van der Waals surface area (Å²) < 4.78 is 36.4. The van der Waals surface area contributed by atoms with Crippen LogP contribution >= 0.6 is 0 Å². The molecule has 2 aromatic rings. The predicted molar refractivity (Wildman–Crippen MR) is 141 cm³/mol. The van der Waals surface area contributed by atoms with Gasteiger partial charge in [0.1, 0.15) is 23.8 Å². The third-order valence-electron chi connectivity index (χ3n) is 6.88. The minimum atomic E-state index is -1.24. The first-order valence-corrected chi connectivity index (χ1v) is 13.4. The second-order valence-corrected chi connectivity index (χ2v) is 10.1. The maximum absolute atomic E-state index is 13.5. The number of carbonyl (C=O) groups excluding carboxylic acids is 1.